The molecule has 0 aliphatic carbocycles. The summed E-state index contributed by atoms with van der Waals surface area (Å²) in [7, 11) is 0. The van der Waals surface area contributed by atoms with Gasteiger partial charge in [-0.25, -0.2) is 0 Å². The molecule has 7 heteroatoms. The molecular weight excluding hydrogens is 230 g/mol. The smallest absolute Gasteiger partial charge is 0.210 e. The molecule has 2 saturated heterocycles. The van der Waals surface area contributed by atoms with E-state index in [1.54, 1.807) is 13.8 Å². The number of rotatable bonds is 1. The summed E-state index contributed by atoms with van der Waals surface area (Å²) in [6.07, 6.45) is 0. The van der Waals surface area contributed by atoms with Gasteiger partial charge in [-0.05, 0) is 0 Å². The number of amidine groups is 1. The van der Waals surface area contributed by atoms with Crippen LogP contribution in [0.2, 0.25) is 0 Å². The van der Waals surface area contributed by atoms with Gasteiger partial charge in [-0.2, -0.15) is 0 Å². The van der Waals surface area contributed by atoms with Crippen LogP contribution in [-0.4, -0.2) is 39.7 Å². The van der Waals surface area contributed by atoms with Crippen molar-refractivity contribution in [3.63, 3.8) is 0 Å². The Morgan fingerprint density at radius 3 is 2.56 bits per heavy atom. The first kappa shape index (κ1) is 12.0. The van der Waals surface area contributed by atoms with Crippen molar-refractivity contribution in [2.45, 2.75) is 31.7 Å². The van der Waals surface area contributed by atoms with E-state index in [2.05, 4.69) is 15.2 Å². The number of nitrogens with zero attached hydrogens (tertiary/aromatic N) is 1. The lowest BCUT2D eigenvalue weighted by Gasteiger charge is -2.48. The zero-order chi connectivity index (χ0) is 12.0. The average molecular weight is 247 g/mol. The Hall–Kier alpha value is -0.500. The number of oxime groups is 1. The summed E-state index contributed by atoms with van der Waals surface area (Å²) < 4.78 is 20.1. The van der Waals surface area contributed by atoms with Crippen molar-refractivity contribution in [2.75, 3.05) is 13.2 Å². The summed E-state index contributed by atoms with van der Waals surface area (Å²) in [6.45, 7) is 6.73. The molecule has 3 N–H and O–H groups in total. The molecule has 0 spiro atoms. The third kappa shape index (κ3) is 1.77. The van der Waals surface area contributed by atoms with Gasteiger partial charge in [-0.3, -0.25) is 0 Å². The van der Waals surface area contributed by atoms with Crippen LogP contribution in [0.25, 0.3) is 0 Å². The molecule has 0 aromatic carbocycles. The van der Waals surface area contributed by atoms with Crippen molar-refractivity contribution >= 4 is 17.2 Å². The van der Waals surface area contributed by atoms with Gasteiger partial charge in [0.2, 0.25) is 4.87 Å². The quantitative estimate of drug-likeness (QED) is 0.338. The molecule has 0 amide bonds. The highest BCUT2D eigenvalue weighted by Crippen LogP contribution is 2.34. The monoisotopic (exact) mass is 247 g/mol. The number of hydrogen-bond acceptors (Lipinski definition) is 5. The summed E-state index contributed by atoms with van der Waals surface area (Å²) >= 11 is -1.23. The number of nitrogens with one attached hydrogen (secondary N) is 2. The van der Waals surface area contributed by atoms with Crippen LogP contribution >= 0.6 is 0 Å². The van der Waals surface area contributed by atoms with E-state index in [9.17, 15) is 4.55 Å². The molecule has 2 aliphatic heterocycles. The molecule has 2 unspecified atom stereocenters. The van der Waals surface area contributed by atoms with Crippen molar-refractivity contribution < 1.29 is 14.5 Å². The standard InChI is InChI=1S/C9H17N3O3S/c1-8(2)10-7(11-13)6(12-16(8)14)9(3)4-15-5-9/h6,12-13H,4-5H2,1-3H3,(H,10,11). The van der Waals surface area contributed by atoms with E-state index in [1.165, 1.54) is 0 Å². The Kier molecular flexibility index (Phi) is 2.82. The Labute approximate surface area is 97.7 Å². The highest BCUT2D eigenvalue weighted by molar-refractivity contribution is 7.91. The number of hydrogen-bond donors (Lipinski definition) is 3. The molecule has 92 valence electrons. The minimum atomic E-state index is -1.23. The molecule has 2 fully saturated rings. The van der Waals surface area contributed by atoms with Gasteiger partial charge >= 0.3 is 0 Å². The topological polar surface area (TPSA) is 88.9 Å². The Balaban J connectivity index is 2.20. The lowest BCUT2D eigenvalue weighted by molar-refractivity contribution is -0.108. The molecule has 0 bridgehead atoms. The largest absolute Gasteiger partial charge is 0.596 e. The van der Waals surface area contributed by atoms with Crippen LogP contribution < -0.4 is 10.0 Å². The summed E-state index contributed by atoms with van der Waals surface area (Å²) in [5.41, 5.74) is -0.166. The van der Waals surface area contributed by atoms with E-state index in [4.69, 9.17) is 9.94 Å². The van der Waals surface area contributed by atoms with Crippen molar-refractivity contribution in [2.24, 2.45) is 10.6 Å². The van der Waals surface area contributed by atoms with E-state index in [0.717, 1.165) is 0 Å². The maximum atomic E-state index is 11.9. The number of ether oxygens (including phenoxy) is 1. The van der Waals surface area contributed by atoms with Crippen molar-refractivity contribution in [1.29, 1.82) is 0 Å². The fraction of sp³-hybridized carbons (Fsp3) is 0.889. The maximum Gasteiger partial charge on any atom is 0.210 e. The van der Waals surface area contributed by atoms with Crippen LogP contribution in [0.3, 0.4) is 0 Å². The van der Waals surface area contributed by atoms with E-state index < -0.39 is 16.2 Å². The molecule has 6 nitrogen and oxygen atoms in total. The summed E-state index contributed by atoms with van der Waals surface area (Å²) in [4.78, 5) is -0.640. The van der Waals surface area contributed by atoms with Crippen LogP contribution in [0.5, 0.6) is 0 Å². The first-order valence-corrected chi connectivity index (χ1v) is 6.30. The van der Waals surface area contributed by atoms with Gasteiger partial charge in [-0.15, -0.1) is 4.72 Å². The van der Waals surface area contributed by atoms with Gasteiger partial charge in [-0.1, -0.05) is 12.1 Å². The maximum absolute atomic E-state index is 11.9. The van der Waals surface area contributed by atoms with E-state index >= 15 is 0 Å². The molecule has 0 aromatic rings. The third-order valence-corrected chi connectivity index (χ3v) is 4.54. The fourth-order valence-electron chi connectivity index (χ4n) is 1.88. The molecule has 0 aromatic heterocycles. The molecule has 16 heavy (non-hydrogen) atoms. The van der Waals surface area contributed by atoms with Gasteiger partial charge in [0.25, 0.3) is 0 Å². The molecule has 0 radical (unpaired) electrons. The van der Waals surface area contributed by atoms with Crippen LogP contribution in [0.1, 0.15) is 20.8 Å². The van der Waals surface area contributed by atoms with Crippen molar-refractivity contribution in [1.82, 2.24) is 10.0 Å². The van der Waals surface area contributed by atoms with Gasteiger partial charge in [0.05, 0.1) is 24.6 Å². The second kappa shape index (κ2) is 3.76. The first-order chi connectivity index (χ1) is 7.39. The second-order valence-electron chi connectivity index (χ2n) is 5.09. The van der Waals surface area contributed by atoms with E-state index in [-0.39, 0.29) is 11.5 Å². The van der Waals surface area contributed by atoms with Crippen LogP contribution in [0, 0.1) is 5.41 Å². The van der Waals surface area contributed by atoms with Gasteiger partial charge in [0.15, 0.2) is 5.84 Å². The van der Waals surface area contributed by atoms with Crippen LogP contribution in [0.4, 0.5) is 0 Å². The Bertz CT molecular complexity index is 317. The van der Waals surface area contributed by atoms with Gasteiger partial charge in [0.1, 0.15) is 6.04 Å². The first-order valence-electron chi connectivity index (χ1n) is 5.15. The summed E-state index contributed by atoms with van der Waals surface area (Å²) in [5.74, 6) is 0.426. The van der Waals surface area contributed by atoms with Crippen LogP contribution in [-0.2, 0) is 16.1 Å². The van der Waals surface area contributed by atoms with Gasteiger partial charge < -0.3 is 19.8 Å². The lowest BCUT2D eigenvalue weighted by atomic mass is 9.80. The predicted octanol–water partition coefficient (Wildman–Crippen LogP) is -0.228. The van der Waals surface area contributed by atoms with E-state index in [1.807, 2.05) is 6.92 Å². The molecular formula is C9H17N3O3S. The molecule has 2 aliphatic rings. The van der Waals surface area contributed by atoms with Crippen molar-refractivity contribution in [3.05, 3.63) is 0 Å². The Morgan fingerprint density at radius 1 is 1.50 bits per heavy atom. The highest BCUT2D eigenvalue weighted by Gasteiger charge is 2.53. The van der Waals surface area contributed by atoms with E-state index in [0.29, 0.717) is 19.0 Å². The molecule has 2 rings (SSSR count). The predicted molar refractivity (Wildman–Crippen MR) is 60.4 cm³/mol. The second-order valence-corrected chi connectivity index (χ2v) is 6.88. The van der Waals surface area contributed by atoms with Gasteiger partial charge in [0, 0.05) is 19.3 Å². The molecule has 0 saturated carbocycles. The average Bonchev–Trinajstić information content (AvgIpc) is 2.18. The normalized spacial score (nSPS) is 38.9. The highest BCUT2D eigenvalue weighted by atomic mass is 32.2. The minimum Gasteiger partial charge on any atom is -0.596 e. The third-order valence-electron chi connectivity index (χ3n) is 3.06. The lowest BCUT2D eigenvalue weighted by Crippen LogP contribution is -2.72. The molecule has 2 heterocycles. The Morgan fingerprint density at radius 2 is 2.12 bits per heavy atom. The van der Waals surface area contributed by atoms with Crippen molar-refractivity contribution in [3.8, 4) is 0 Å². The molecule has 2 atom stereocenters. The van der Waals surface area contributed by atoms with Crippen LogP contribution in [0.15, 0.2) is 5.16 Å². The summed E-state index contributed by atoms with van der Waals surface area (Å²) in [5, 5.41) is 15.3. The summed E-state index contributed by atoms with van der Waals surface area (Å²) in [6, 6.07) is -0.264. The fourth-order valence-corrected chi connectivity index (χ4v) is 2.98. The SMILES string of the molecule is CC1(C2N[S+]([O-])C(C)(C)N/C2=N\O)COC1. The minimum absolute atomic E-state index is 0.166. The zero-order valence-electron chi connectivity index (χ0n) is 9.61. The zero-order valence-corrected chi connectivity index (χ0v) is 10.4.